The highest BCUT2D eigenvalue weighted by Crippen LogP contribution is 2.41. The number of nitrogens with zero attached hydrogens (tertiary/aromatic N) is 1. The molecular weight excluding hydrogens is 529 g/mol. The molecule has 1 fully saturated rings. The molecule has 6 nitrogen and oxygen atoms in total. The van der Waals surface area contributed by atoms with Gasteiger partial charge < -0.3 is 18.9 Å². The van der Waals surface area contributed by atoms with Crippen LogP contribution >= 0.6 is 47.2 Å². The number of halogens is 2. The minimum atomic E-state index is -0.212. The molecule has 2 aliphatic rings. The fourth-order valence-corrected chi connectivity index (χ4v) is 5.32. The van der Waals surface area contributed by atoms with Crippen LogP contribution < -0.4 is 23.8 Å². The van der Waals surface area contributed by atoms with Gasteiger partial charge in [0.2, 0.25) is 6.79 Å². The first-order valence-electron chi connectivity index (χ1n) is 10.4. The average molecular weight is 546 g/mol. The minimum Gasteiger partial charge on any atom is -0.493 e. The van der Waals surface area contributed by atoms with Gasteiger partial charge in [-0.1, -0.05) is 59.3 Å². The first kappa shape index (κ1) is 23.8. The molecule has 178 valence electrons. The number of amides is 1. The Morgan fingerprint density at radius 3 is 2.69 bits per heavy atom. The van der Waals surface area contributed by atoms with E-state index in [4.69, 9.17) is 54.4 Å². The van der Waals surface area contributed by atoms with Gasteiger partial charge in [0, 0.05) is 21.7 Å². The van der Waals surface area contributed by atoms with Crippen LogP contribution in [0.25, 0.3) is 6.08 Å². The number of fused-ring (bicyclic) bond motifs is 1. The van der Waals surface area contributed by atoms with Crippen LogP contribution in [0.2, 0.25) is 10.0 Å². The quantitative estimate of drug-likeness (QED) is 0.252. The lowest BCUT2D eigenvalue weighted by molar-refractivity contribution is -0.113. The summed E-state index contributed by atoms with van der Waals surface area (Å²) in [5.41, 5.74) is 2.20. The van der Waals surface area contributed by atoms with Crippen LogP contribution in [-0.2, 0) is 11.4 Å². The molecule has 2 aliphatic heterocycles. The van der Waals surface area contributed by atoms with Crippen LogP contribution in [0, 0.1) is 0 Å². The van der Waals surface area contributed by atoms with Gasteiger partial charge in [-0.3, -0.25) is 9.69 Å². The molecule has 0 atom stereocenters. The first-order valence-corrected chi connectivity index (χ1v) is 12.3. The molecule has 3 aromatic carbocycles. The lowest BCUT2D eigenvalue weighted by Crippen LogP contribution is -2.27. The van der Waals surface area contributed by atoms with Crippen LogP contribution in [0.5, 0.6) is 23.0 Å². The lowest BCUT2D eigenvalue weighted by atomic mass is 10.1. The Balaban J connectivity index is 1.34. The third kappa shape index (κ3) is 4.92. The van der Waals surface area contributed by atoms with Crippen molar-refractivity contribution >= 4 is 69.2 Å². The van der Waals surface area contributed by atoms with Gasteiger partial charge in [0.25, 0.3) is 5.91 Å². The summed E-state index contributed by atoms with van der Waals surface area (Å²) in [6.07, 6.45) is 1.77. The van der Waals surface area contributed by atoms with Gasteiger partial charge in [0.15, 0.2) is 27.3 Å². The van der Waals surface area contributed by atoms with Crippen LogP contribution in [-0.4, -0.2) is 24.1 Å². The molecule has 0 aromatic heterocycles. The molecule has 1 saturated heterocycles. The summed E-state index contributed by atoms with van der Waals surface area (Å²) in [7, 11) is 1.56. The van der Waals surface area contributed by atoms with Gasteiger partial charge in [-0.25, -0.2) is 0 Å². The minimum absolute atomic E-state index is 0.158. The van der Waals surface area contributed by atoms with E-state index in [1.54, 1.807) is 55.7 Å². The second-order valence-electron chi connectivity index (χ2n) is 7.49. The normalized spacial score (nSPS) is 15.7. The molecule has 0 bridgehead atoms. The maximum atomic E-state index is 13.2. The Hall–Kier alpha value is -2.91. The molecule has 0 radical (unpaired) electrons. The van der Waals surface area contributed by atoms with E-state index in [1.165, 1.54) is 16.7 Å². The summed E-state index contributed by atoms with van der Waals surface area (Å²) in [6.45, 7) is 0.408. The van der Waals surface area contributed by atoms with E-state index < -0.39 is 0 Å². The second kappa shape index (κ2) is 9.99. The van der Waals surface area contributed by atoms with Gasteiger partial charge in [0.1, 0.15) is 6.61 Å². The number of thioether (sulfide) groups is 1. The molecule has 10 heteroatoms. The number of rotatable bonds is 6. The molecule has 0 N–H and O–H groups in total. The number of benzene rings is 3. The first-order chi connectivity index (χ1) is 16.9. The summed E-state index contributed by atoms with van der Waals surface area (Å²) < 4.78 is 22.6. The number of thiocarbonyl (C=S) groups is 1. The Morgan fingerprint density at radius 2 is 1.89 bits per heavy atom. The molecule has 0 spiro atoms. The summed E-state index contributed by atoms with van der Waals surface area (Å²) in [4.78, 5) is 15.1. The summed E-state index contributed by atoms with van der Waals surface area (Å²) in [6, 6.07) is 16.0. The predicted octanol–water partition coefficient (Wildman–Crippen LogP) is 6.72. The van der Waals surface area contributed by atoms with Crippen molar-refractivity contribution in [1.29, 1.82) is 0 Å². The van der Waals surface area contributed by atoms with E-state index in [-0.39, 0.29) is 19.3 Å². The third-order valence-electron chi connectivity index (χ3n) is 5.29. The lowest BCUT2D eigenvalue weighted by Gasteiger charge is -2.15. The standard InChI is InChI=1S/C25H17Cl2NO5S2/c1-30-21-8-14(2-6-19(21)31-12-15-3-4-16(26)10-18(15)27)9-23-24(29)28(25(34)35-23)17-5-7-20-22(11-17)33-13-32-20/h2-11H,12-13H2,1H3/b23-9+. The Bertz CT molecular complexity index is 1380. The van der Waals surface area contributed by atoms with Crippen molar-refractivity contribution in [3.05, 3.63) is 80.7 Å². The number of methoxy groups -OCH3 is 1. The number of hydrogen-bond donors (Lipinski definition) is 0. The topological polar surface area (TPSA) is 57.2 Å². The zero-order chi connectivity index (χ0) is 24.5. The SMILES string of the molecule is COc1cc(/C=C2/SC(=S)N(c3ccc4c(c3)OCO4)C2=O)ccc1OCc1ccc(Cl)cc1Cl. The van der Waals surface area contributed by atoms with Crippen LogP contribution in [0.1, 0.15) is 11.1 Å². The van der Waals surface area contributed by atoms with Crippen molar-refractivity contribution in [2.75, 3.05) is 18.8 Å². The highest BCUT2D eigenvalue weighted by Gasteiger charge is 2.34. The highest BCUT2D eigenvalue weighted by molar-refractivity contribution is 8.27. The van der Waals surface area contributed by atoms with Crippen molar-refractivity contribution < 1.29 is 23.7 Å². The number of carbonyl (C=O) groups is 1. The van der Waals surface area contributed by atoms with Crippen molar-refractivity contribution in [3.63, 3.8) is 0 Å². The third-order valence-corrected chi connectivity index (χ3v) is 7.18. The van der Waals surface area contributed by atoms with Gasteiger partial charge in [-0.15, -0.1) is 0 Å². The molecule has 0 unspecified atom stereocenters. The molecule has 5 rings (SSSR count). The highest BCUT2D eigenvalue weighted by atomic mass is 35.5. The molecular formula is C25H17Cl2NO5S2. The number of carbonyl (C=O) groups excluding carboxylic acids is 1. The Labute approximate surface area is 221 Å². The van der Waals surface area contributed by atoms with Crippen molar-refractivity contribution in [2.24, 2.45) is 0 Å². The van der Waals surface area contributed by atoms with Crippen LogP contribution in [0.15, 0.2) is 59.5 Å². The fraction of sp³-hybridized carbons (Fsp3) is 0.120. The smallest absolute Gasteiger partial charge is 0.270 e. The number of hydrogen-bond acceptors (Lipinski definition) is 7. The van der Waals surface area contributed by atoms with E-state index >= 15 is 0 Å². The summed E-state index contributed by atoms with van der Waals surface area (Å²) >= 11 is 18.9. The predicted molar refractivity (Wildman–Crippen MR) is 142 cm³/mol. The number of ether oxygens (including phenoxy) is 4. The van der Waals surface area contributed by atoms with Crippen molar-refractivity contribution in [3.8, 4) is 23.0 Å². The average Bonchev–Trinajstić information content (AvgIpc) is 3.42. The van der Waals surface area contributed by atoms with E-state index in [0.29, 0.717) is 48.0 Å². The van der Waals surface area contributed by atoms with Crippen molar-refractivity contribution in [2.45, 2.75) is 6.61 Å². The van der Waals surface area contributed by atoms with Gasteiger partial charge in [-0.2, -0.15) is 0 Å². The molecule has 0 aliphatic carbocycles. The van der Waals surface area contributed by atoms with Gasteiger partial charge in [-0.05, 0) is 48.0 Å². The summed E-state index contributed by atoms with van der Waals surface area (Å²) in [5, 5.41) is 1.09. The van der Waals surface area contributed by atoms with Crippen molar-refractivity contribution in [1.82, 2.24) is 0 Å². The van der Waals surface area contributed by atoms with Gasteiger partial charge >= 0.3 is 0 Å². The van der Waals surface area contributed by atoms with Gasteiger partial charge in [0.05, 0.1) is 17.7 Å². The maximum absolute atomic E-state index is 13.2. The Kier molecular flexibility index (Phi) is 6.80. The molecule has 3 aromatic rings. The van der Waals surface area contributed by atoms with E-state index in [2.05, 4.69) is 0 Å². The van der Waals surface area contributed by atoms with E-state index in [9.17, 15) is 4.79 Å². The fourth-order valence-electron chi connectivity index (χ4n) is 3.55. The van der Waals surface area contributed by atoms with E-state index in [0.717, 1.165) is 11.1 Å². The molecule has 1 amide bonds. The largest absolute Gasteiger partial charge is 0.493 e. The monoisotopic (exact) mass is 545 g/mol. The van der Waals surface area contributed by atoms with Crippen LogP contribution in [0.3, 0.4) is 0 Å². The zero-order valence-corrected chi connectivity index (χ0v) is 21.4. The Morgan fingerprint density at radius 1 is 1.06 bits per heavy atom. The maximum Gasteiger partial charge on any atom is 0.270 e. The zero-order valence-electron chi connectivity index (χ0n) is 18.2. The summed E-state index contributed by atoms with van der Waals surface area (Å²) in [5.74, 6) is 2.08. The van der Waals surface area contributed by atoms with E-state index in [1.807, 2.05) is 12.1 Å². The molecule has 35 heavy (non-hydrogen) atoms. The number of anilines is 1. The molecule has 0 saturated carbocycles. The molecule has 2 heterocycles. The van der Waals surface area contributed by atoms with Crippen LogP contribution in [0.4, 0.5) is 5.69 Å². The second-order valence-corrected chi connectivity index (χ2v) is 10.0.